The van der Waals surface area contributed by atoms with E-state index in [-0.39, 0.29) is 17.2 Å². The molecule has 0 heterocycles. The molecular weight excluding hydrogens is 374 g/mol. The molecular formula is C25H23N3O2. The van der Waals surface area contributed by atoms with E-state index in [1.165, 1.54) is 6.07 Å². The van der Waals surface area contributed by atoms with Crippen molar-refractivity contribution < 1.29 is 9.59 Å². The van der Waals surface area contributed by atoms with E-state index in [9.17, 15) is 9.59 Å². The molecule has 5 nitrogen and oxygen atoms in total. The van der Waals surface area contributed by atoms with Gasteiger partial charge in [-0.1, -0.05) is 51.1 Å². The molecule has 0 atom stereocenters. The molecule has 0 aliphatic carbocycles. The molecule has 5 heteroatoms. The first-order chi connectivity index (χ1) is 14.3. The number of amides is 2. The first kappa shape index (κ1) is 20.8. The van der Waals surface area contributed by atoms with E-state index >= 15 is 0 Å². The molecule has 30 heavy (non-hydrogen) atoms. The number of hydrogen-bond acceptors (Lipinski definition) is 3. The van der Waals surface area contributed by atoms with Gasteiger partial charge in [0.05, 0.1) is 23.0 Å². The third kappa shape index (κ3) is 4.92. The van der Waals surface area contributed by atoms with Crippen LogP contribution in [0, 0.1) is 11.3 Å². The summed E-state index contributed by atoms with van der Waals surface area (Å²) in [4.78, 5) is 25.3. The van der Waals surface area contributed by atoms with Crippen molar-refractivity contribution >= 4 is 23.2 Å². The van der Waals surface area contributed by atoms with Crippen molar-refractivity contribution in [3.8, 4) is 6.07 Å². The third-order valence-corrected chi connectivity index (χ3v) is 4.69. The number of nitriles is 1. The average Bonchev–Trinajstić information content (AvgIpc) is 2.74. The Kier molecular flexibility index (Phi) is 5.98. The summed E-state index contributed by atoms with van der Waals surface area (Å²) in [5, 5.41) is 14.7. The van der Waals surface area contributed by atoms with Gasteiger partial charge in [0.2, 0.25) is 0 Å². The minimum absolute atomic E-state index is 0.00867. The molecule has 3 aromatic carbocycles. The third-order valence-electron chi connectivity index (χ3n) is 4.69. The zero-order valence-electron chi connectivity index (χ0n) is 17.2. The molecule has 0 unspecified atom stereocenters. The molecule has 0 saturated heterocycles. The fourth-order valence-corrected chi connectivity index (χ4v) is 2.94. The standard InChI is InChI=1S/C25H23N3O2/c1-25(2,3)20-13-11-18(12-14-20)23(29)27-21-9-4-5-10-22(21)28-24(30)19-8-6-7-17(15-19)16-26/h4-15H,1-3H3,(H,27,29)(H,28,30). The van der Waals surface area contributed by atoms with Gasteiger partial charge in [-0.25, -0.2) is 0 Å². The number of hydrogen-bond donors (Lipinski definition) is 2. The van der Waals surface area contributed by atoms with Crippen molar-refractivity contribution in [2.75, 3.05) is 10.6 Å². The number of nitrogens with one attached hydrogen (secondary N) is 2. The Balaban J connectivity index is 1.77. The second kappa shape index (κ2) is 8.62. The van der Waals surface area contributed by atoms with E-state index in [4.69, 9.17) is 5.26 Å². The van der Waals surface area contributed by atoms with Crippen LogP contribution in [0.3, 0.4) is 0 Å². The Morgan fingerprint density at radius 1 is 0.767 bits per heavy atom. The number of anilines is 2. The second-order valence-electron chi connectivity index (χ2n) is 7.97. The summed E-state index contributed by atoms with van der Waals surface area (Å²) in [7, 11) is 0. The van der Waals surface area contributed by atoms with Gasteiger partial charge in [0, 0.05) is 11.1 Å². The number of carbonyl (C=O) groups excluding carboxylic acids is 2. The Bertz CT molecular complexity index is 1120. The van der Waals surface area contributed by atoms with Gasteiger partial charge in [-0.3, -0.25) is 9.59 Å². The van der Waals surface area contributed by atoms with Crippen LogP contribution >= 0.6 is 0 Å². The van der Waals surface area contributed by atoms with Crippen LogP contribution in [0.4, 0.5) is 11.4 Å². The summed E-state index contributed by atoms with van der Waals surface area (Å²) in [5.41, 5.74) is 3.43. The zero-order valence-corrected chi connectivity index (χ0v) is 17.2. The van der Waals surface area contributed by atoms with Crippen molar-refractivity contribution in [3.63, 3.8) is 0 Å². The minimum atomic E-state index is -0.358. The molecule has 150 valence electrons. The Labute approximate surface area is 176 Å². The first-order valence-electron chi connectivity index (χ1n) is 9.60. The zero-order chi connectivity index (χ0) is 21.7. The van der Waals surface area contributed by atoms with E-state index in [0.717, 1.165) is 5.56 Å². The number of benzene rings is 3. The lowest BCUT2D eigenvalue weighted by Gasteiger charge is -2.19. The van der Waals surface area contributed by atoms with Crippen LogP contribution in [0.15, 0.2) is 72.8 Å². The Hall–Kier alpha value is -3.91. The SMILES string of the molecule is CC(C)(C)c1ccc(C(=O)Nc2ccccc2NC(=O)c2cccc(C#N)c2)cc1. The van der Waals surface area contributed by atoms with Gasteiger partial charge in [0.15, 0.2) is 0 Å². The van der Waals surface area contributed by atoms with Gasteiger partial charge in [-0.05, 0) is 53.4 Å². The fraction of sp³-hybridized carbons (Fsp3) is 0.160. The maximum Gasteiger partial charge on any atom is 0.255 e. The van der Waals surface area contributed by atoms with E-state index in [2.05, 4.69) is 31.4 Å². The van der Waals surface area contributed by atoms with E-state index in [1.54, 1.807) is 54.6 Å². The molecule has 0 aliphatic heterocycles. The number of para-hydroxylation sites is 2. The van der Waals surface area contributed by atoms with Crippen molar-refractivity contribution in [2.45, 2.75) is 26.2 Å². The monoisotopic (exact) mass is 397 g/mol. The highest BCUT2D eigenvalue weighted by Crippen LogP contribution is 2.25. The molecule has 0 saturated carbocycles. The predicted molar refractivity (Wildman–Crippen MR) is 119 cm³/mol. The highest BCUT2D eigenvalue weighted by atomic mass is 16.2. The molecule has 3 aromatic rings. The van der Waals surface area contributed by atoms with Crippen LogP contribution in [0.2, 0.25) is 0 Å². The molecule has 0 spiro atoms. The number of nitrogens with zero attached hydrogens (tertiary/aromatic N) is 1. The van der Waals surface area contributed by atoms with E-state index in [1.807, 2.05) is 18.2 Å². The van der Waals surface area contributed by atoms with Crippen LogP contribution in [0.1, 0.15) is 52.6 Å². The first-order valence-corrected chi connectivity index (χ1v) is 9.60. The van der Waals surface area contributed by atoms with E-state index in [0.29, 0.717) is 28.1 Å². The largest absolute Gasteiger partial charge is 0.320 e. The van der Waals surface area contributed by atoms with Crippen LogP contribution < -0.4 is 10.6 Å². The maximum atomic E-state index is 12.7. The molecule has 0 aromatic heterocycles. The minimum Gasteiger partial charge on any atom is -0.320 e. The molecule has 2 N–H and O–H groups in total. The maximum absolute atomic E-state index is 12.7. The lowest BCUT2D eigenvalue weighted by atomic mass is 9.87. The Morgan fingerprint density at radius 3 is 1.87 bits per heavy atom. The molecule has 0 fully saturated rings. The summed E-state index contributed by atoms with van der Waals surface area (Å²) in [5.74, 6) is -0.619. The molecule has 0 aliphatic rings. The number of rotatable bonds is 4. The highest BCUT2D eigenvalue weighted by molar-refractivity contribution is 6.10. The lowest BCUT2D eigenvalue weighted by Crippen LogP contribution is -2.17. The van der Waals surface area contributed by atoms with Gasteiger partial charge in [-0.2, -0.15) is 5.26 Å². The van der Waals surface area contributed by atoms with Crippen LogP contribution in [-0.2, 0) is 5.41 Å². The summed E-state index contributed by atoms with van der Waals surface area (Å²) in [6.45, 7) is 6.36. The lowest BCUT2D eigenvalue weighted by molar-refractivity contribution is 0.101. The number of carbonyl (C=O) groups is 2. The average molecular weight is 397 g/mol. The van der Waals surface area contributed by atoms with Crippen LogP contribution in [-0.4, -0.2) is 11.8 Å². The summed E-state index contributed by atoms with van der Waals surface area (Å²) in [6.07, 6.45) is 0. The van der Waals surface area contributed by atoms with Crippen molar-refractivity contribution in [1.82, 2.24) is 0 Å². The van der Waals surface area contributed by atoms with Gasteiger partial charge >= 0.3 is 0 Å². The van der Waals surface area contributed by atoms with Gasteiger partial charge in [0.1, 0.15) is 0 Å². The second-order valence-corrected chi connectivity index (χ2v) is 7.97. The van der Waals surface area contributed by atoms with Gasteiger partial charge in [0.25, 0.3) is 11.8 Å². The summed E-state index contributed by atoms with van der Waals surface area (Å²) < 4.78 is 0. The molecule has 0 bridgehead atoms. The van der Waals surface area contributed by atoms with Crippen LogP contribution in [0.25, 0.3) is 0 Å². The van der Waals surface area contributed by atoms with E-state index < -0.39 is 0 Å². The van der Waals surface area contributed by atoms with Crippen LogP contribution in [0.5, 0.6) is 0 Å². The fourth-order valence-electron chi connectivity index (χ4n) is 2.94. The highest BCUT2D eigenvalue weighted by Gasteiger charge is 2.15. The van der Waals surface area contributed by atoms with Gasteiger partial charge < -0.3 is 10.6 Å². The quantitative estimate of drug-likeness (QED) is 0.622. The van der Waals surface area contributed by atoms with Gasteiger partial charge in [-0.15, -0.1) is 0 Å². The predicted octanol–water partition coefficient (Wildman–Crippen LogP) is 5.36. The Morgan fingerprint density at radius 2 is 1.33 bits per heavy atom. The smallest absolute Gasteiger partial charge is 0.255 e. The molecule has 2 amide bonds. The van der Waals surface area contributed by atoms with Crippen molar-refractivity contribution in [3.05, 3.63) is 95.1 Å². The molecule has 3 rings (SSSR count). The normalized spacial score (nSPS) is 10.7. The van der Waals surface area contributed by atoms with Crippen molar-refractivity contribution in [2.24, 2.45) is 0 Å². The molecule has 0 radical (unpaired) electrons. The topological polar surface area (TPSA) is 82.0 Å². The van der Waals surface area contributed by atoms with Crippen molar-refractivity contribution in [1.29, 1.82) is 5.26 Å². The summed E-state index contributed by atoms with van der Waals surface area (Å²) in [6, 6.07) is 22.9. The summed E-state index contributed by atoms with van der Waals surface area (Å²) >= 11 is 0.